The Morgan fingerprint density at radius 2 is 2.24 bits per heavy atom. The summed E-state index contributed by atoms with van der Waals surface area (Å²) in [6.45, 7) is 2.16. The van der Waals surface area contributed by atoms with Crippen molar-refractivity contribution in [1.82, 2.24) is 5.32 Å². The molecule has 92 valence electrons. The van der Waals surface area contributed by atoms with Crippen LogP contribution in [-0.2, 0) is 0 Å². The second-order valence-corrected chi connectivity index (χ2v) is 5.15. The fourth-order valence-corrected chi connectivity index (χ4v) is 2.44. The molecule has 4 heteroatoms. The van der Waals surface area contributed by atoms with Gasteiger partial charge in [-0.05, 0) is 43.4 Å². The minimum absolute atomic E-state index is 0.0250. The topological polar surface area (TPSA) is 29.1 Å². The molecule has 1 amide bonds. The zero-order chi connectivity index (χ0) is 12.4. The van der Waals surface area contributed by atoms with Crippen LogP contribution in [0.15, 0.2) is 18.2 Å². The van der Waals surface area contributed by atoms with Crippen molar-refractivity contribution in [3.63, 3.8) is 0 Å². The first-order valence-electron chi connectivity index (χ1n) is 5.82. The van der Waals surface area contributed by atoms with Crippen LogP contribution in [0.25, 0.3) is 0 Å². The van der Waals surface area contributed by atoms with E-state index in [-0.39, 0.29) is 17.5 Å². The van der Waals surface area contributed by atoms with E-state index in [1.165, 1.54) is 18.2 Å². The summed E-state index contributed by atoms with van der Waals surface area (Å²) in [6.07, 6.45) is 3.05. The van der Waals surface area contributed by atoms with E-state index < -0.39 is 5.82 Å². The van der Waals surface area contributed by atoms with Gasteiger partial charge in [-0.3, -0.25) is 4.79 Å². The molecule has 1 aliphatic rings. The molecule has 1 aliphatic carbocycles. The smallest absolute Gasteiger partial charge is 0.254 e. The van der Waals surface area contributed by atoms with E-state index in [9.17, 15) is 9.18 Å². The van der Waals surface area contributed by atoms with Crippen molar-refractivity contribution < 1.29 is 9.18 Å². The summed E-state index contributed by atoms with van der Waals surface area (Å²) in [5, 5.41) is 3.23. The fraction of sp³-hybridized carbons (Fsp3) is 0.462. The van der Waals surface area contributed by atoms with Gasteiger partial charge in [0.05, 0.1) is 5.56 Å². The Hall–Kier alpha value is -1.09. The molecule has 1 saturated carbocycles. The number of halogens is 2. The van der Waals surface area contributed by atoms with Gasteiger partial charge >= 0.3 is 0 Å². The summed E-state index contributed by atoms with van der Waals surface area (Å²) >= 11 is 5.75. The van der Waals surface area contributed by atoms with Crippen LogP contribution in [0.1, 0.15) is 36.5 Å². The molecule has 1 aromatic rings. The van der Waals surface area contributed by atoms with Gasteiger partial charge in [-0.2, -0.15) is 0 Å². The molecule has 0 bridgehead atoms. The molecular weight excluding hydrogens is 241 g/mol. The molecule has 0 radical (unpaired) electrons. The second kappa shape index (κ2) is 5.05. The molecule has 2 atom stereocenters. The van der Waals surface area contributed by atoms with Gasteiger partial charge in [0.25, 0.3) is 5.91 Å². The molecule has 1 fully saturated rings. The first kappa shape index (κ1) is 12.4. The van der Waals surface area contributed by atoms with Gasteiger partial charge in [-0.1, -0.05) is 18.5 Å². The zero-order valence-electron chi connectivity index (χ0n) is 9.67. The Morgan fingerprint density at radius 1 is 1.47 bits per heavy atom. The predicted molar refractivity (Wildman–Crippen MR) is 65.7 cm³/mol. The van der Waals surface area contributed by atoms with Crippen LogP contribution in [0, 0.1) is 11.7 Å². The molecule has 0 spiro atoms. The third kappa shape index (κ3) is 2.97. The van der Waals surface area contributed by atoms with Crippen LogP contribution in [0.5, 0.6) is 0 Å². The van der Waals surface area contributed by atoms with Gasteiger partial charge in [-0.25, -0.2) is 4.39 Å². The summed E-state index contributed by atoms with van der Waals surface area (Å²) in [5.74, 6) is -0.272. The van der Waals surface area contributed by atoms with Crippen LogP contribution in [0.4, 0.5) is 4.39 Å². The molecule has 0 saturated heterocycles. The molecule has 1 aromatic carbocycles. The highest BCUT2D eigenvalue weighted by Gasteiger charge is 2.24. The summed E-state index contributed by atoms with van der Waals surface area (Å²) in [6, 6.07) is 4.18. The Balaban J connectivity index is 2.06. The summed E-state index contributed by atoms with van der Waals surface area (Å²) < 4.78 is 13.5. The highest BCUT2D eigenvalue weighted by Crippen LogP contribution is 2.25. The first-order valence-corrected chi connectivity index (χ1v) is 6.20. The van der Waals surface area contributed by atoms with E-state index in [0.717, 1.165) is 19.3 Å². The van der Waals surface area contributed by atoms with E-state index >= 15 is 0 Å². The predicted octanol–water partition coefficient (Wildman–Crippen LogP) is 3.40. The van der Waals surface area contributed by atoms with Gasteiger partial charge in [0.1, 0.15) is 5.82 Å². The third-order valence-electron chi connectivity index (χ3n) is 3.20. The lowest BCUT2D eigenvalue weighted by molar-refractivity contribution is 0.0933. The second-order valence-electron chi connectivity index (χ2n) is 4.71. The molecule has 17 heavy (non-hydrogen) atoms. The largest absolute Gasteiger partial charge is 0.349 e. The van der Waals surface area contributed by atoms with Crippen LogP contribution < -0.4 is 5.32 Å². The maximum Gasteiger partial charge on any atom is 0.254 e. The average Bonchev–Trinajstić information content (AvgIpc) is 2.67. The third-order valence-corrected chi connectivity index (χ3v) is 3.44. The number of nitrogens with one attached hydrogen (secondary N) is 1. The summed E-state index contributed by atoms with van der Waals surface area (Å²) in [7, 11) is 0. The summed E-state index contributed by atoms with van der Waals surface area (Å²) in [4.78, 5) is 11.9. The van der Waals surface area contributed by atoms with Crippen LogP contribution in [0.2, 0.25) is 5.02 Å². The highest BCUT2D eigenvalue weighted by molar-refractivity contribution is 6.31. The van der Waals surface area contributed by atoms with E-state index in [2.05, 4.69) is 12.2 Å². The van der Waals surface area contributed by atoms with Crippen molar-refractivity contribution in [2.24, 2.45) is 5.92 Å². The molecule has 0 aliphatic heterocycles. The van der Waals surface area contributed by atoms with Crippen LogP contribution in [0.3, 0.4) is 0 Å². The van der Waals surface area contributed by atoms with Gasteiger partial charge in [-0.15, -0.1) is 0 Å². The molecule has 2 nitrogen and oxygen atoms in total. The Morgan fingerprint density at radius 3 is 2.88 bits per heavy atom. The number of hydrogen-bond acceptors (Lipinski definition) is 1. The lowest BCUT2D eigenvalue weighted by atomic mass is 10.1. The van der Waals surface area contributed by atoms with Crippen molar-refractivity contribution in [1.29, 1.82) is 0 Å². The molecule has 2 unspecified atom stereocenters. The lowest BCUT2D eigenvalue weighted by Gasteiger charge is -2.12. The van der Waals surface area contributed by atoms with E-state index in [1.54, 1.807) is 0 Å². The van der Waals surface area contributed by atoms with E-state index in [4.69, 9.17) is 11.6 Å². The van der Waals surface area contributed by atoms with Crippen molar-refractivity contribution in [2.75, 3.05) is 0 Å². The molecule has 1 N–H and O–H groups in total. The number of benzene rings is 1. The normalized spacial score (nSPS) is 23.7. The number of carbonyl (C=O) groups is 1. The maximum absolute atomic E-state index is 13.5. The van der Waals surface area contributed by atoms with Gasteiger partial charge in [0.2, 0.25) is 0 Å². The number of carbonyl (C=O) groups excluding carboxylic acids is 1. The van der Waals surface area contributed by atoms with Gasteiger partial charge < -0.3 is 5.32 Å². The highest BCUT2D eigenvalue weighted by atomic mass is 35.5. The number of hydrogen-bond donors (Lipinski definition) is 1. The quantitative estimate of drug-likeness (QED) is 0.862. The van der Waals surface area contributed by atoms with E-state index in [0.29, 0.717) is 10.9 Å². The van der Waals surface area contributed by atoms with Crippen molar-refractivity contribution >= 4 is 17.5 Å². The lowest BCUT2D eigenvalue weighted by Crippen LogP contribution is -2.33. The Kier molecular flexibility index (Phi) is 3.67. The summed E-state index contributed by atoms with van der Waals surface area (Å²) in [5.41, 5.74) is 0.0250. The average molecular weight is 256 g/mol. The monoisotopic (exact) mass is 255 g/mol. The van der Waals surface area contributed by atoms with Crippen molar-refractivity contribution in [2.45, 2.75) is 32.2 Å². The van der Waals surface area contributed by atoms with E-state index in [1.807, 2.05) is 0 Å². The van der Waals surface area contributed by atoms with Crippen LogP contribution in [-0.4, -0.2) is 11.9 Å². The number of rotatable bonds is 2. The molecule has 2 rings (SSSR count). The first-order chi connectivity index (χ1) is 8.06. The minimum Gasteiger partial charge on any atom is -0.349 e. The van der Waals surface area contributed by atoms with Gasteiger partial charge in [0.15, 0.2) is 0 Å². The van der Waals surface area contributed by atoms with Crippen molar-refractivity contribution in [3.8, 4) is 0 Å². The standard InChI is InChI=1S/C13H15ClFNO/c1-8-2-4-10(6-8)16-13(17)11-7-9(14)3-5-12(11)15/h3,5,7-8,10H,2,4,6H2,1H3,(H,16,17). The molecule has 0 aromatic heterocycles. The molecule has 0 heterocycles. The SMILES string of the molecule is CC1CCC(NC(=O)c2cc(Cl)ccc2F)C1. The number of amides is 1. The Bertz CT molecular complexity index is 435. The Labute approximate surface area is 105 Å². The maximum atomic E-state index is 13.5. The molecular formula is C13H15ClFNO. The fourth-order valence-electron chi connectivity index (χ4n) is 2.27. The zero-order valence-corrected chi connectivity index (χ0v) is 10.4. The van der Waals surface area contributed by atoms with Crippen molar-refractivity contribution in [3.05, 3.63) is 34.6 Å². The van der Waals surface area contributed by atoms with Crippen LogP contribution >= 0.6 is 11.6 Å². The minimum atomic E-state index is -0.530. The van der Waals surface area contributed by atoms with Gasteiger partial charge in [0, 0.05) is 11.1 Å².